The van der Waals surface area contributed by atoms with E-state index in [1.807, 2.05) is 0 Å². The molecule has 1 atom stereocenters. The zero-order valence-electron chi connectivity index (χ0n) is 10.2. The lowest BCUT2D eigenvalue weighted by molar-refractivity contribution is 0.234. The van der Waals surface area contributed by atoms with E-state index in [1.54, 1.807) is 11.0 Å². The van der Waals surface area contributed by atoms with Crippen molar-refractivity contribution in [2.24, 2.45) is 5.92 Å². The first-order valence-corrected chi connectivity index (χ1v) is 7.48. The van der Waals surface area contributed by atoms with Gasteiger partial charge in [0.05, 0.1) is 10.6 Å². The number of anilines is 1. The van der Waals surface area contributed by atoms with Gasteiger partial charge in [0.15, 0.2) is 0 Å². The molecule has 0 aliphatic carbocycles. The minimum atomic E-state index is -4.61. The number of alkyl halides is 2. The van der Waals surface area contributed by atoms with Crippen molar-refractivity contribution >= 4 is 15.5 Å². The maximum atomic E-state index is 12.7. The van der Waals surface area contributed by atoms with E-state index in [0.29, 0.717) is 18.8 Å². The Morgan fingerprint density at radius 2 is 2.05 bits per heavy atom. The normalized spacial score (nSPS) is 20.2. The van der Waals surface area contributed by atoms with Crippen molar-refractivity contribution in [2.75, 3.05) is 24.6 Å². The Morgan fingerprint density at radius 1 is 1.37 bits per heavy atom. The molecule has 4 nitrogen and oxygen atoms in total. The lowest BCUT2D eigenvalue weighted by atomic mass is 10.1. The van der Waals surface area contributed by atoms with Gasteiger partial charge in [0, 0.05) is 25.6 Å². The van der Waals surface area contributed by atoms with Crippen molar-refractivity contribution in [1.82, 2.24) is 0 Å². The molecule has 0 aromatic heterocycles. The van der Waals surface area contributed by atoms with Crippen LogP contribution < -0.4 is 4.90 Å². The van der Waals surface area contributed by atoms with Gasteiger partial charge in [0.25, 0.3) is 0 Å². The molecule has 1 unspecified atom stereocenters. The van der Waals surface area contributed by atoms with E-state index in [1.165, 1.54) is 18.2 Å². The molecule has 1 aliphatic rings. The number of benzene rings is 1. The Hall–Kier alpha value is -1.21. The van der Waals surface area contributed by atoms with E-state index >= 15 is 0 Å². The maximum absolute atomic E-state index is 12.7. The number of aliphatic hydroxyl groups excluding tert-OH is 1. The summed E-state index contributed by atoms with van der Waals surface area (Å²) in [7, 11) is -4.61. The van der Waals surface area contributed by atoms with Crippen molar-refractivity contribution in [3.8, 4) is 0 Å². The van der Waals surface area contributed by atoms with Gasteiger partial charge in [-0.05, 0) is 18.6 Å². The van der Waals surface area contributed by atoms with Crippen molar-refractivity contribution in [1.29, 1.82) is 0 Å². The monoisotopic (exact) mass is 291 g/mol. The van der Waals surface area contributed by atoms with E-state index in [-0.39, 0.29) is 17.4 Å². The van der Waals surface area contributed by atoms with E-state index in [9.17, 15) is 17.2 Å². The zero-order chi connectivity index (χ0) is 14.0. The van der Waals surface area contributed by atoms with Crippen LogP contribution in [-0.4, -0.2) is 39.0 Å². The molecule has 0 spiro atoms. The third-order valence-electron chi connectivity index (χ3n) is 3.29. The Labute approximate surface area is 110 Å². The first kappa shape index (κ1) is 14.2. The number of sulfone groups is 1. The molecule has 0 radical (unpaired) electrons. The molecule has 0 saturated carbocycles. The van der Waals surface area contributed by atoms with Gasteiger partial charge in [-0.25, -0.2) is 8.42 Å². The molecular formula is C12H15F2NO3S. The second kappa shape index (κ2) is 5.42. The van der Waals surface area contributed by atoms with Gasteiger partial charge >= 0.3 is 5.76 Å². The summed E-state index contributed by atoms with van der Waals surface area (Å²) < 4.78 is 48.6. The first-order valence-electron chi connectivity index (χ1n) is 5.93. The zero-order valence-corrected chi connectivity index (χ0v) is 11.0. The summed E-state index contributed by atoms with van der Waals surface area (Å²) in [6.45, 7) is 1.05. The van der Waals surface area contributed by atoms with Gasteiger partial charge in [-0.1, -0.05) is 12.1 Å². The molecule has 7 heteroatoms. The van der Waals surface area contributed by atoms with Crippen LogP contribution in [0.4, 0.5) is 14.5 Å². The average molecular weight is 291 g/mol. The van der Waals surface area contributed by atoms with Gasteiger partial charge in [-0.3, -0.25) is 0 Å². The molecule has 1 fully saturated rings. The van der Waals surface area contributed by atoms with Crippen LogP contribution in [0.2, 0.25) is 0 Å². The third kappa shape index (κ3) is 2.71. The predicted molar refractivity (Wildman–Crippen MR) is 67.0 cm³/mol. The molecular weight excluding hydrogens is 276 g/mol. The van der Waals surface area contributed by atoms with E-state index < -0.39 is 15.6 Å². The number of aliphatic hydroxyl groups is 1. The fraction of sp³-hybridized carbons (Fsp3) is 0.500. The smallest absolute Gasteiger partial charge is 0.341 e. The van der Waals surface area contributed by atoms with Crippen molar-refractivity contribution < 1.29 is 22.3 Å². The Morgan fingerprint density at radius 3 is 2.63 bits per heavy atom. The van der Waals surface area contributed by atoms with Crippen molar-refractivity contribution in [3.63, 3.8) is 0 Å². The lowest BCUT2D eigenvalue weighted by Crippen LogP contribution is -2.24. The summed E-state index contributed by atoms with van der Waals surface area (Å²) >= 11 is 0. The summed E-state index contributed by atoms with van der Waals surface area (Å²) in [4.78, 5) is 1.39. The fourth-order valence-corrected chi connectivity index (χ4v) is 3.20. The fourth-order valence-electron chi connectivity index (χ4n) is 2.26. The van der Waals surface area contributed by atoms with Crippen LogP contribution in [0, 0.1) is 5.92 Å². The number of hydrogen-bond acceptors (Lipinski definition) is 4. The Bertz CT molecular complexity index is 548. The molecule has 106 valence electrons. The van der Waals surface area contributed by atoms with Gasteiger partial charge in [0.1, 0.15) is 0 Å². The number of hydrogen-bond donors (Lipinski definition) is 1. The van der Waals surface area contributed by atoms with Gasteiger partial charge < -0.3 is 10.0 Å². The summed E-state index contributed by atoms with van der Waals surface area (Å²) in [6, 6.07) is 5.77. The average Bonchev–Trinajstić information content (AvgIpc) is 2.87. The molecule has 0 amide bonds. The van der Waals surface area contributed by atoms with Gasteiger partial charge in [-0.2, -0.15) is 8.78 Å². The molecule has 2 rings (SSSR count). The number of para-hydroxylation sites is 1. The molecule has 1 aliphatic heterocycles. The van der Waals surface area contributed by atoms with E-state index in [4.69, 9.17) is 5.11 Å². The molecule has 1 aromatic rings. The highest BCUT2D eigenvalue weighted by Gasteiger charge is 2.32. The van der Waals surface area contributed by atoms with Crippen molar-refractivity contribution in [3.05, 3.63) is 24.3 Å². The number of rotatable bonds is 4. The molecule has 19 heavy (non-hydrogen) atoms. The first-order chi connectivity index (χ1) is 8.96. The second-order valence-corrected chi connectivity index (χ2v) is 6.44. The summed E-state index contributed by atoms with van der Waals surface area (Å²) in [6.07, 6.45) is 0.722. The highest BCUT2D eigenvalue weighted by Crippen LogP contribution is 2.32. The molecule has 1 heterocycles. The van der Waals surface area contributed by atoms with Crippen LogP contribution >= 0.6 is 0 Å². The maximum Gasteiger partial charge on any atom is 0.341 e. The molecule has 1 aromatic carbocycles. The molecule has 1 saturated heterocycles. The predicted octanol–water partition coefficient (Wildman–Crippen LogP) is 1.50. The Balaban J connectivity index is 2.38. The van der Waals surface area contributed by atoms with Gasteiger partial charge in [-0.15, -0.1) is 0 Å². The number of nitrogens with zero attached hydrogens (tertiary/aromatic N) is 1. The topological polar surface area (TPSA) is 57.6 Å². The molecule has 0 bridgehead atoms. The van der Waals surface area contributed by atoms with E-state index in [0.717, 1.165) is 6.42 Å². The minimum absolute atomic E-state index is 0.0142. The summed E-state index contributed by atoms with van der Waals surface area (Å²) in [5.41, 5.74) is 0.291. The molecule has 1 N–H and O–H groups in total. The van der Waals surface area contributed by atoms with Gasteiger partial charge in [0.2, 0.25) is 9.84 Å². The van der Waals surface area contributed by atoms with Crippen molar-refractivity contribution in [2.45, 2.75) is 17.1 Å². The number of halogens is 2. The second-order valence-electron chi connectivity index (χ2n) is 4.56. The van der Waals surface area contributed by atoms with Crippen LogP contribution in [-0.2, 0) is 9.84 Å². The lowest BCUT2D eigenvalue weighted by Gasteiger charge is -2.21. The third-order valence-corrected chi connectivity index (χ3v) is 4.72. The SMILES string of the molecule is O=S(=O)(c1ccccc1N1CCC(CO)C1)C(F)F. The minimum Gasteiger partial charge on any atom is -0.396 e. The standard InChI is InChI=1S/C12H15F2NO3S/c13-12(14)19(17,18)11-4-2-1-3-10(11)15-6-5-9(7-15)8-16/h1-4,9,12,16H,5-8H2. The van der Waals surface area contributed by atoms with Crippen LogP contribution in [0.5, 0.6) is 0 Å². The van der Waals surface area contributed by atoms with Crippen LogP contribution in [0.25, 0.3) is 0 Å². The quantitative estimate of drug-likeness (QED) is 0.913. The highest BCUT2D eigenvalue weighted by atomic mass is 32.2. The summed E-state index contributed by atoms with van der Waals surface area (Å²) in [5, 5.41) is 9.08. The highest BCUT2D eigenvalue weighted by molar-refractivity contribution is 7.91. The van der Waals surface area contributed by atoms with Crippen LogP contribution in [0.3, 0.4) is 0 Å². The Kier molecular flexibility index (Phi) is 4.05. The van der Waals surface area contributed by atoms with Crippen LogP contribution in [0.1, 0.15) is 6.42 Å². The van der Waals surface area contributed by atoms with Crippen LogP contribution in [0.15, 0.2) is 29.2 Å². The summed E-state index contributed by atoms with van der Waals surface area (Å²) in [5.74, 6) is -3.37. The largest absolute Gasteiger partial charge is 0.396 e. The van der Waals surface area contributed by atoms with E-state index in [2.05, 4.69) is 0 Å².